The first-order valence-corrected chi connectivity index (χ1v) is 8.68. The number of H-pyrrole nitrogens is 2. The van der Waals surface area contributed by atoms with Crippen LogP contribution >= 0.6 is 24.4 Å². The summed E-state index contributed by atoms with van der Waals surface area (Å²) in [7, 11) is 0. The lowest BCUT2D eigenvalue weighted by Crippen LogP contribution is -2.11. The Bertz CT molecular complexity index is 1140. The van der Waals surface area contributed by atoms with Crippen LogP contribution < -0.4 is 17.0 Å². The van der Waals surface area contributed by atoms with E-state index in [0.29, 0.717) is 21.2 Å². The Kier molecular flexibility index (Phi) is 4.22. The predicted molar refractivity (Wildman–Crippen MR) is 109 cm³/mol. The fraction of sp³-hybridized carbons (Fsp3) is 0. The topological polar surface area (TPSA) is 131 Å². The highest BCUT2D eigenvalue weighted by Gasteiger charge is 2.15. The van der Waals surface area contributed by atoms with Gasteiger partial charge in [0.15, 0.2) is 11.6 Å². The number of rotatable bonds is 4. The molecule has 0 aliphatic rings. The SMILES string of the molecule is Nn1c(-c2ccccc2Nc2ccccc2-c2n[nH]c(=S)n2N)n[nH]c1=S. The first-order valence-electron chi connectivity index (χ1n) is 7.87. The van der Waals surface area contributed by atoms with Crippen LogP contribution in [0.3, 0.4) is 0 Å². The molecule has 0 amide bonds. The first kappa shape index (κ1) is 17.0. The standard InChI is InChI=1S/C16H15N9S2/c17-24-13(20-22-15(24)26)9-5-1-3-7-11(9)19-12-8-4-2-6-10(12)14-21-23-16(27)25(14)18/h1-8,19H,17-18H2,(H,22,26)(H,23,27). The van der Waals surface area contributed by atoms with Crippen LogP contribution in [0, 0.1) is 9.54 Å². The van der Waals surface area contributed by atoms with Crippen LogP contribution in [-0.4, -0.2) is 29.7 Å². The average molecular weight is 397 g/mol. The van der Waals surface area contributed by atoms with Gasteiger partial charge in [-0.25, -0.2) is 19.5 Å². The van der Waals surface area contributed by atoms with Gasteiger partial charge >= 0.3 is 0 Å². The second-order valence-corrected chi connectivity index (χ2v) is 6.43. The van der Waals surface area contributed by atoms with E-state index in [9.17, 15) is 0 Å². The molecule has 4 rings (SSSR count). The smallest absolute Gasteiger partial charge is 0.214 e. The van der Waals surface area contributed by atoms with Gasteiger partial charge in [-0.15, -0.1) is 0 Å². The Morgan fingerprint density at radius 2 is 1.15 bits per heavy atom. The molecule has 0 spiro atoms. The van der Waals surface area contributed by atoms with E-state index in [1.165, 1.54) is 9.35 Å². The van der Waals surface area contributed by atoms with E-state index in [4.69, 9.17) is 36.1 Å². The van der Waals surface area contributed by atoms with Gasteiger partial charge in [0, 0.05) is 22.5 Å². The number of para-hydroxylation sites is 2. The van der Waals surface area contributed by atoms with Crippen LogP contribution in [0.2, 0.25) is 0 Å². The fourth-order valence-corrected chi connectivity index (χ4v) is 2.97. The second kappa shape index (κ2) is 6.70. The highest BCUT2D eigenvalue weighted by Crippen LogP contribution is 2.32. The van der Waals surface area contributed by atoms with E-state index in [2.05, 4.69) is 25.7 Å². The Hall–Kier alpha value is -3.44. The average Bonchev–Trinajstić information content (AvgIpc) is 3.19. The lowest BCUT2D eigenvalue weighted by Gasteiger charge is -2.14. The maximum absolute atomic E-state index is 5.99. The molecule has 2 heterocycles. The first-order chi connectivity index (χ1) is 13.1. The molecule has 27 heavy (non-hydrogen) atoms. The second-order valence-electron chi connectivity index (χ2n) is 5.66. The highest BCUT2D eigenvalue weighted by atomic mass is 32.1. The van der Waals surface area contributed by atoms with E-state index in [1.807, 2.05) is 48.5 Å². The van der Waals surface area contributed by atoms with Gasteiger partial charge in [-0.3, -0.25) is 0 Å². The van der Waals surface area contributed by atoms with Crippen molar-refractivity contribution in [3.05, 3.63) is 58.1 Å². The monoisotopic (exact) mass is 397 g/mol. The Morgan fingerprint density at radius 1 is 0.741 bits per heavy atom. The minimum absolute atomic E-state index is 0.332. The number of hydrogen-bond donors (Lipinski definition) is 5. The van der Waals surface area contributed by atoms with Gasteiger partial charge in [0.25, 0.3) is 0 Å². The van der Waals surface area contributed by atoms with Crippen molar-refractivity contribution in [3.63, 3.8) is 0 Å². The van der Waals surface area contributed by atoms with Crippen molar-refractivity contribution >= 4 is 35.8 Å². The Labute approximate surface area is 163 Å². The zero-order valence-electron chi connectivity index (χ0n) is 13.9. The van der Waals surface area contributed by atoms with Crippen molar-refractivity contribution in [2.45, 2.75) is 0 Å². The summed E-state index contributed by atoms with van der Waals surface area (Å²) in [6.07, 6.45) is 0. The zero-order valence-corrected chi connectivity index (χ0v) is 15.5. The van der Waals surface area contributed by atoms with Gasteiger partial charge in [0.2, 0.25) is 9.54 Å². The maximum Gasteiger partial charge on any atom is 0.214 e. The molecule has 0 radical (unpaired) electrons. The molecule has 136 valence electrons. The number of aromatic amines is 2. The summed E-state index contributed by atoms with van der Waals surface area (Å²) in [6.45, 7) is 0. The third kappa shape index (κ3) is 2.98. The van der Waals surface area contributed by atoms with Crippen molar-refractivity contribution in [3.8, 4) is 22.8 Å². The van der Waals surface area contributed by atoms with Crippen molar-refractivity contribution in [2.75, 3.05) is 17.0 Å². The van der Waals surface area contributed by atoms with E-state index in [1.54, 1.807) is 0 Å². The molecular weight excluding hydrogens is 382 g/mol. The normalized spacial score (nSPS) is 10.8. The Balaban J connectivity index is 1.81. The molecule has 0 fully saturated rings. The number of nitrogens with one attached hydrogen (secondary N) is 3. The summed E-state index contributed by atoms with van der Waals surface area (Å²) < 4.78 is 3.32. The largest absolute Gasteiger partial charge is 0.354 e. The molecule has 0 aliphatic carbocycles. The van der Waals surface area contributed by atoms with E-state index in [-0.39, 0.29) is 0 Å². The third-order valence-corrected chi connectivity index (χ3v) is 4.59. The van der Waals surface area contributed by atoms with Gasteiger partial charge in [-0.1, -0.05) is 24.3 Å². The molecule has 2 aromatic carbocycles. The van der Waals surface area contributed by atoms with Crippen LogP contribution in [0.15, 0.2) is 48.5 Å². The molecule has 9 nitrogen and oxygen atoms in total. The molecule has 0 atom stereocenters. The van der Waals surface area contributed by atoms with Gasteiger partial charge in [-0.2, -0.15) is 10.2 Å². The van der Waals surface area contributed by atoms with Crippen molar-refractivity contribution in [1.82, 2.24) is 29.7 Å². The summed E-state index contributed by atoms with van der Waals surface area (Å²) >= 11 is 10.2. The number of nitrogen functional groups attached to an aromatic ring is 2. The van der Waals surface area contributed by atoms with Crippen LogP contribution in [0.25, 0.3) is 22.8 Å². The molecule has 0 saturated heterocycles. The molecular formula is C16H15N9S2. The number of aromatic nitrogens is 6. The summed E-state index contributed by atoms with van der Waals surface area (Å²) in [5.74, 6) is 13.0. The van der Waals surface area contributed by atoms with E-state index >= 15 is 0 Å². The molecule has 2 aromatic heterocycles. The van der Waals surface area contributed by atoms with Crippen LogP contribution in [0.5, 0.6) is 0 Å². The quantitative estimate of drug-likeness (QED) is 0.264. The van der Waals surface area contributed by atoms with Gasteiger partial charge in [-0.05, 0) is 48.7 Å². The summed E-state index contributed by atoms with van der Waals surface area (Å²) in [5, 5.41) is 17.2. The highest BCUT2D eigenvalue weighted by molar-refractivity contribution is 7.71. The molecule has 7 N–H and O–H groups in total. The summed E-state index contributed by atoms with van der Waals surface area (Å²) in [5.41, 5.74) is 3.16. The molecule has 0 bridgehead atoms. The zero-order chi connectivity index (χ0) is 19.0. The predicted octanol–water partition coefficient (Wildman–Crippen LogP) is 2.70. The third-order valence-electron chi connectivity index (χ3n) is 4.01. The Morgan fingerprint density at radius 3 is 1.52 bits per heavy atom. The number of nitrogens with zero attached hydrogens (tertiary/aromatic N) is 4. The van der Waals surface area contributed by atoms with Gasteiger partial charge in [0.1, 0.15) is 0 Å². The van der Waals surface area contributed by atoms with Crippen LogP contribution in [0.4, 0.5) is 11.4 Å². The maximum atomic E-state index is 5.99. The van der Waals surface area contributed by atoms with Gasteiger partial charge in [0.05, 0.1) is 0 Å². The van der Waals surface area contributed by atoms with E-state index < -0.39 is 0 Å². The molecule has 11 heteroatoms. The van der Waals surface area contributed by atoms with Crippen molar-refractivity contribution in [1.29, 1.82) is 0 Å². The van der Waals surface area contributed by atoms with Crippen LogP contribution in [-0.2, 0) is 0 Å². The van der Waals surface area contributed by atoms with Crippen LogP contribution in [0.1, 0.15) is 0 Å². The molecule has 0 unspecified atom stereocenters. The van der Waals surface area contributed by atoms with Gasteiger partial charge < -0.3 is 17.0 Å². The number of nitrogens with two attached hydrogens (primary N) is 2. The number of hydrogen-bond acceptors (Lipinski definition) is 7. The summed E-state index contributed by atoms with van der Waals surface area (Å²) in [6, 6.07) is 15.3. The van der Waals surface area contributed by atoms with Crippen molar-refractivity contribution < 1.29 is 0 Å². The summed E-state index contributed by atoms with van der Waals surface area (Å²) in [4.78, 5) is 0. The lowest BCUT2D eigenvalue weighted by atomic mass is 10.1. The molecule has 0 saturated carbocycles. The van der Waals surface area contributed by atoms with E-state index in [0.717, 1.165) is 22.5 Å². The van der Waals surface area contributed by atoms with Crippen molar-refractivity contribution in [2.24, 2.45) is 0 Å². The fourth-order valence-electron chi connectivity index (χ4n) is 2.71. The number of anilines is 2. The lowest BCUT2D eigenvalue weighted by molar-refractivity contribution is 0.983. The minimum Gasteiger partial charge on any atom is -0.354 e. The molecule has 4 aromatic rings. The molecule has 0 aliphatic heterocycles. The minimum atomic E-state index is 0.332. The number of benzene rings is 2.